The SMILES string of the molecule is NNC(/C=C/c1nc(CSc2ccc(O)cc2)ccc1OCCc1ccccc1)=NCCCNC(=O)c1ccc(NN)nc1. The topological polar surface area (TPSA) is 173 Å². The van der Waals surface area contributed by atoms with Crippen LogP contribution in [0.2, 0.25) is 0 Å². The number of benzene rings is 2. The molecule has 0 saturated heterocycles. The van der Waals surface area contributed by atoms with Crippen LogP contribution in [-0.2, 0) is 12.2 Å². The van der Waals surface area contributed by atoms with Gasteiger partial charge < -0.3 is 26.0 Å². The monoisotopic (exact) mass is 612 g/mol. The van der Waals surface area contributed by atoms with Crippen LogP contribution in [0.4, 0.5) is 5.82 Å². The molecular formula is C32H36N8O3S. The lowest BCUT2D eigenvalue weighted by atomic mass is 10.2. The van der Waals surface area contributed by atoms with E-state index < -0.39 is 0 Å². The van der Waals surface area contributed by atoms with Gasteiger partial charge in [-0.15, -0.1) is 11.8 Å². The van der Waals surface area contributed by atoms with Gasteiger partial charge in [-0.3, -0.25) is 9.79 Å². The maximum Gasteiger partial charge on any atom is 0.252 e. The summed E-state index contributed by atoms with van der Waals surface area (Å²) in [6.07, 6.45) is 6.40. The molecule has 2 heterocycles. The fourth-order valence-electron chi connectivity index (χ4n) is 3.95. The van der Waals surface area contributed by atoms with Gasteiger partial charge in [0.05, 0.1) is 17.9 Å². The Morgan fingerprint density at radius 3 is 2.57 bits per heavy atom. The molecule has 0 saturated carbocycles. The molecule has 0 fully saturated rings. The van der Waals surface area contributed by atoms with Crippen molar-refractivity contribution in [2.45, 2.75) is 23.5 Å². The minimum atomic E-state index is -0.226. The number of nitrogen functional groups attached to an aromatic ring is 1. The number of aromatic nitrogens is 2. The number of phenolic OH excluding ortho intramolecular Hbond substituents is 1. The van der Waals surface area contributed by atoms with E-state index in [1.807, 2.05) is 48.5 Å². The van der Waals surface area contributed by atoms with E-state index in [2.05, 4.69) is 38.3 Å². The zero-order valence-electron chi connectivity index (χ0n) is 24.1. The molecule has 0 aliphatic rings. The quantitative estimate of drug-likeness (QED) is 0.0287. The number of pyridine rings is 2. The molecule has 228 valence electrons. The van der Waals surface area contributed by atoms with E-state index in [1.165, 1.54) is 11.8 Å². The van der Waals surface area contributed by atoms with Crippen molar-refractivity contribution in [2.75, 3.05) is 25.1 Å². The van der Waals surface area contributed by atoms with Crippen LogP contribution in [-0.4, -0.2) is 46.5 Å². The second-order valence-corrected chi connectivity index (χ2v) is 10.5. The first kappa shape index (κ1) is 32.0. The molecule has 2 aromatic carbocycles. The third-order valence-corrected chi connectivity index (χ3v) is 7.33. The third-order valence-electron chi connectivity index (χ3n) is 6.28. The number of ether oxygens (including phenoxy) is 1. The number of nitrogens with one attached hydrogen (secondary N) is 3. The maximum atomic E-state index is 12.3. The van der Waals surface area contributed by atoms with Crippen LogP contribution < -0.4 is 32.6 Å². The molecule has 0 spiro atoms. The number of hydrogen-bond acceptors (Lipinski definition) is 10. The lowest BCUT2D eigenvalue weighted by Crippen LogP contribution is -2.29. The van der Waals surface area contributed by atoms with Crippen LogP contribution in [0.1, 0.15) is 33.7 Å². The lowest BCUT2D eigenvalue weighted by molar-refractivity contribution is 0.0953. The number of thioether (sulfide) groups is 1. The van der Waals surface area contributed by atoms with Crippen molar-refractivity contribution >= 4 is 35.4 Å². The van der Waals surface area contributed by atoms with E-state index in [1.54, 1.807) is 42.1 Å². The Labute approximate surface area is 260 Å². The number of aromatic hydroxyl groups is 1. The number of carbonyl (C=O) groups excluding carboxylic acids is 1. The van der Waals surface area contributed by atoms with Crippen LogP contribution >= 0.6 is 11.8 Å². The minimum absolute atomic E-state index is 0.226. The van der Waals surface area contributed by atoms with Gasteiger partial charge in [-0.25, -0.2) is 21.7 Å². The van der Waals surface area contributed by atoms with Crippen molar-refractivity contribution in [3.8, 4) is 11.5 Å². The van der Waals surface area contributed by atoms with Gasteiger partial charge in [-0.1, -0.05) is 30.3 Å². The summed E-state index contributed by atoms with van der Waals surface area (Å²) in [7, 11) is 0. The number of hydrogen-bond donors (Lipinski definition) is 6. The number of amidine groups is 1. The molecule has 4 aromatic rings. The average molecular weight is 613 g/mol. The van der Waals surface area contributed by atoms with Crippen molar-refractivity contribution in [2.24, 2.45) is 16.7 Å². The average Bonchev–Trinajstić information content (AvgIpc) is 3.06. The molecule has 0 atom stereocenters. The Kier molecular flexibility index (Phi) is 12.6. The number of anilines is 1. The van der Waals surface area contributed by atoms with Gasteiger partial charge in [0, 0.05) is 36.4 Å². The number of aliphatic imine (C=N–C) groups is 1. The van der Waals surface area contributed by atoms with E-state index in [9.17, 15) is 9.90 Å². The van der Waals surface area contributed by atoms with Crippen LogP contribution in [0.15, 0.2) is 101 Å². The summed E-state index contributed by atoms with van der Waals surface area (Å²) in [4.78, 5) is 26.7. The predicted octanol–water partition coefficient (Wildman–Crippen LogP) is 4.08. The van der Waals surface area contributed by atoms with E-state index in [4.69, 9.17) is 21.4 Å². The number of rotatable bonds is 15. The Balaban J connectivity index is 1.36. The zero-order chi connectivity index (χ0) is 31.0. The number of nitrogens with two attached hydrogens (primary N) is 2. The normalized spacial score (nSPS) is 11.4. The van der Waals surface area contributed by atoms with Crippen molar-refractivity contribution in [3.05, 3.63) is 114 Å². The highest BCUT2D eigenvalue weighted by molar-refractivity contribution is 7.98. The number of carbonyl (C=O) groups is 1. The predicted molar refractivity (Wildman–Crippen MR) is 175 cm³/mol. The Bertz CT molecular complexity index is 1530. The van der Waals surface area contributed by atoms with Gasteiger partial charge in [0.2, 0.25) is 0 Å². The van der Waals surface area contributed by atoms with E-state index in [0.717, 1.165) is 17.0 Å². The molecule has 12 heteroatoms. The summed E-state index contributed by atoms with van der Waals surface area (Å²) < 4.78 is 6.13. The Morgan fingerprint density at radius 1 is 1.02 bits per heavy atom. The largest absolute Gasteiger partial charge is 0.508 e. The van der Waals surface area contributed by atoms with E-state index in [0.29, 0.717) is 60.5 Å². The smallest absolute Gasteiger partial charge is 0.252 e. The standard InChI is InChI=1S/C32H36N8O3S/c33-39-30(35-18-4-19-36-32(42)24-7-15-31(40-34)37-21-24)16-13-28-29(43-20-17-23-5-2-1-3-6-23)14-8-25(38-28)22-44-27-11-9-26(41)10-12-27/h1-3,5-16,21,41H,4,17-20,22,33-34H2,(H,35,39)(H,36,42)(H,37,40)/b16-13+. The third kappa shape index (κ3) is 10.4. The molecule has 0 bridgehead atoms. The zero-order valence-corrected chi connectivity index (χ0v) is 25.0. The van der Waals surface area contributed by atoms with Gasteiger partial charge in [0.25, 0.3) is 5.91 Å². The van der Waals surface area contributed by atoms with Crippen LogP contribution in [0.3, 0.4) is 0 Å². The fraction of sp³-hybridized carbons (Fsp3) is 0.188. The molecule has 0 radical (unpaired) electrons. The minimum Gasteiger partial charge on any atom is -0.508 e. The highest BCUT2D eigenvalue weighted by Crippen LogP contribution is 2.26. The van der Waals surface area contributed by atoms with Gasteiger partial charge in [0.1, 0.15) is 28.8 Å². The van der Waals surface area contributed by atoms with Gasteiger partial charge >= 0.3 is 0 Å². The lowest BCUT2D eigenvalue weighted by Gasteiger charge is -2.11. The first-order valence-electron chi connectivity index (χ1n) is 14.0. The van der Waals surface area contributed by atoms with Crippen molar-refractivity contribution < 1.29 is 14.6 Å². The van der Waals surface area contributed by atoms with Crippen LogP contribution in [0.5, 0.6) is 11.5 Å². The van der Waals surface area contributed by atoms with Crippen molar-refractivity contribution in [1.29, 1.82) is 0 Å². The molecule has 8 N–H and O–H groups in total. The summed E-state index contributed by atoms with van der Waals surface area (Å²) in [6, 6.07) is 24.4. The number of hydrazine groups is 2. The second kappa shape index (κ2) is 17.3. The van der Waals surface area contributed by atoms with Crippen LogP contribution in [0, 0.1) is 0 Å². The summed E-state index contributed by atoms with van der Waals surface area (Å²) in [5, 5.41) is 12.4. The molecule has 44 heavy (non-hydrogen) atoms. The molecule has 0 aliphatic carbocycles. The number of amides is 1. The first-order valence-corrected chi connectivity index (χ1v) is 15.0. The Morgan fingerprint density at radius 2 is 1.84 bits per heavy atom. The molecule has 0 aliphatic heterocycles. The number of nitrogens with zero attached hydrogens (tertiary/aromatic N) is 3. The number of phenols is 1. The highest BCUT2D eigenvalue weighted by Gasteiger charge is 2.08. The summed E-state index contributed by atoms with van der Waals surface area (Å²) in [5.41, 5.74) is 8.20. The molecule has 0 unspecified atom stereocenters. The Hall–Kier alpha value is -4.91. The second-order valence-electron chi connectivity index (χ2n) is 9.48. The van der Waals surface area contributed by atoms with Gasteiger partial charge in [-0.2, -0.15) is 0 Å². The summed E-state index contributed by atoms with van der Waals surface area (Å²) in [5.74, 6) is 13.3. The molecule has 2 aromatic heterocycles. The molecule has 11 nitrogen and oxygen atoms in total. The highest BCUT2D eigenvalue weighted by atomic mass is 32.2. The van der Waals surface area contributed by atoms with E-state index >= 15 is 0 Å². The van der Waals surface area contributed by atoms with Gasteiger partial charge in [0.15, 0.2) is 0 Å². The summed E-state index contributed by atoms with van der Waals surface area (Å²) in [6.45, 7) is 1.37. The van der Waals surface area contributed by atoms with Gasteiger partial charge in [-0.05, 0) is 72.7 Å². The summed E-state index contributed by atoms with van der Waals surface area (Å²) >= 11 is 1.62. The maximum absolute atomic E-state index is 12.3. The van der Waals surface area contributed by atoms with E-state index in [-0.39, 0.29) is 11.7 Å². The van der Waals surface area contributed by atoms with Crippen molar-refractivity contribution in [3.63, 3.8) is 0 Å². The fourth-order valence-corrected chi connectivity index (χ4v) is 4.75. The van der Waals surface area contributed by atoms with Crippen LogP contribution in [0.25, 0.3) is 6.08 Å². The first-order chi connectivity index (χ1) is 21.5. The van der Waals surface area contributed by atoms with Crippen molar-refractivity contribution in [1.82, 2.24) is 20.7 Å². The molecular weight excluding hydrogens is 576 g/mol. The molecule has 1 amide bonds. The molecule has 4 rings (SSSR count).